The highest BCUT2D eigenvalue weighted by Gasteiger charge is 2.35. The molecule has 1 aliphatic carbocycles. The van der Waals surface area contributed by atoms with E-state index in [1.54, 1.807) is 24.1 Å². The van der Waals surface area contributed by atoms with E-state index in [0.717, 1.165) is 24.2 Å². The first-order chi connectivity index (χ1) is 22.2. The maximum absolute atomic E-state index is 16.6. The van der Waals surface area contributed by atoms with Crippen molar-refractivity contribution in [3.63, 3.8) is 0 Å². The van der Waals surface area contributed by atoms with Crippen molar-refractivity contribution >= 4 is 44.7 Å². The van der Waals surface area contributed by atoms with Crippen LogP contribution < -0.4 is 9.80 Å². The van der Waals surface area contributed by atoms with Crippen molar-refractivity contribution in [3.8, 4) is 17.3 Å². The molecule has 13 heteroatoms. The van der Waals surface area contributed by atoms with Gasteiger partial charge in [-0.05, 0) is 49.2 Å². The van der Waals surface area contributed by atoms with Crippen LogP contribution in [0.2, 0.25) is 0 Å². The van der Waals surface area contributed by atoms with Gasteiger partial charge in [0.05, 0.1) is 34.5 Å². The first-order valence-electron chi connectivity index (χ1n) is 15.3. The number of rotatable bonds is 8. The number of carbonyl (C=O) groups excluding carboxylic acids is 1. The van der Waals surface area contributed by atoms with Gasteiger partial charge in [-0.25, -0.2) is 23.1 Å². The predicted octanol–water partition coefficient (Wildman–Crippen LogP) is 4.87. The third-order valence-corrected chi connectivity index (χ3v) is 10.1. The number of fused-ring (bicyclic) bond motifs is 1. The van der Waals surface area contributed by atoms with Crippen LogP contribution in [-0.2, 0) is 4.79 Å². The molecule has 0 bridgehead atoms. The van der Waals surface area contributed by atoms with Crippen LogP contribution >= 0.6 is 11.3 Å². The summed E-state index contributed by atoms with van der Waals surface area (Å²) in [6, 6.07) is 11.2. The molecule has 2 aromatic heterocycles. The summed E-state index contributed by atoms with van der Waals surface area (Å²) in [4.78, 5) is 29.3. The number of nitriles is 1. The van der Waals surface area contributed by atoms with Crippen molar-refractivity contribution < 1.29 is 23.1 Å². The van der Waals surface area contributed by atoms with E-state index in [2.05, 4.69) is 16.0 Å². The second kappa shape index (κ2) is 12.2. The number of aliphatic hydroxyl groups excluding tert-OH is 1. The summed E-state index contributed by atoms with van der Waals surface area (Å²) in [6.45, 7) is 3.59. The Bertz CT molecular complexity index is 1840. The smallest absolute Gasteiger partial charge is 0.236 e. The summed E-state index contributed by atoms with van der Waals surface area (Å²) in [5, 5.41) is 19.4. The minimum absolute atomic E-state index is 0.00936. The summed E-state index contributed by atoms with van der Waals surface area (Å²) < 4.78 is 46.6. The van der Waals surface area contributed by atoms with E-state index in [1.807, 2.05) is 9.80 Å². The summed E-state index contributed by atoms with van der Waals surface area (Å²) in [6.07, 6.45) is 1.60. The van der Waals surface area contributed by atoms with Crippen LogP contribution in [0.5, 0.6) is 0 Å². The molecule has 4 aromatic rings. The van der Waals surface area contributed by atoms with E-state index >= 15 is 8.78 Å². The quantitative estimate of drug-likeness (QED) is 0.290. The minimum atomic E-state index is -0.608. The summed E-state index contributed by atoms with van der Waals surface area (Å²) >= 11 is 1.05. The number of anilines is 3. The molecule has 1 N–H and O–H groups in total. The molecule has 3 aliphatic rings. The van der Waals surface area contributed by atoms with E-state index in [-0.39, 0.29) is 46.8 Å². The number of hydrogen-bond acceptors (Lipinski definition) is 9. The van der Waals surface area contributed by atoms with Crippen molar-refractivity contribution in [2.45, 2.75) is 18.8 Å². The van der Waals surface area contributed by atoms with Gasteiger partial charge in [-0.3, -0.25) is 9.69 Å². The second-order valence-electron chi connectivity index (χ2n) is 12.2. The molecule has 2 aromatic carbocycles. The second-order valence-corrected chi connectivity index (χ2v) is 13.2. The van der Waals surface area contributed by atoms with Gasteiger partial charge < -0.3 is 19.8 Å². The molecule has 238 valence electrons. The number of likely N-dealkylation sites (tertiary alicyclic amines) is 1. The number of aromatic nitrogens is 2. The largest absolute Gasteiger partial charge is 0.396 e. The Balaban J connectivity index is 1.20. The molecular formula is C33H32F3N7O2S. The zero-order chi connectivity index (χ0) is 32.1. The number of carbonyl (C=O) groups is 1. The topological polar surface area (TPSA) is 99.8 Å². The predicted molar refractivity (Wildman–Crippen MR) is 170 cm³/mol. The number of thiazole rings is 1. The third kappa shape index (κ3) is 5.55. The molecule has 4 heterocycles. The molecule has 1 saturated carbocycles. The van der Waals surface area contributed by atoms with Crippen LogP contribution in [-0.4, -0.2) is 90.2 Å². The molecule has 0 radical (unpaired) electrons. The van der Waals surface area contributed by atoms with E-state index in [0.29, 0.717) is 72.6 Å². The van der Waals surface area contributed by atoms with Crippen LogP contribution in [0.3, 0.4) is 0 Å². The fourth-order valence-electron chi connectivity index (χ4n) is 6.22. The first-order valence-corrected chi connectivity index (χ1v) is 16.2. The Kier molecular flexibility index (Phi) is 8.04. The number of aliphatic hydroxyl groups is 1. The minimum Gasteiger partial charge on any atom is -0.396 e. The highest BCUT2D eigenvalue weighted by atomic mass is 32.1. The Hall–Kier alpha value is -4.25. The lowest BCUT2D eigenvalue weighted by molar-refractivity contribution is -0.139. The number of pyridine rings is 1. The van der Waals surface area contributed by atoms with Gasteiger partial charge in [0.25, 0.3) is 0 Å². The number of hydrogen-bond donors (Lipinski definition) is 1. The molecule has 2 saturated heterocycles. The van der Waals surface area contributed by atoms with Gasteiger partial charge in [0.2, 0.25) is 5.91 Å². The molecular weight excluding hydrogens is 615 g/mol. The lowest BCUT2D eigenvalue weighted by atomic mass is 10.0. The van der Waals surface area contributed by atoms with E-state index in [9.17, 15) is 19.6 Å². The van der Waals surface area contributed by atoms with Gasteiger partial charge >= 0.3 is 0 Å². The average molecular weight is 648 g/mol. The number of nitrogens with zero attached hydrogens (tertiary/aromatic N) is 7. The van der Waals surface area contributed by atoms with Crippen LogP contribution in [0.15, 0.2) is 36.4 Å². The van der Waals surface area contributed by atoms with Gasteiger partial charge in [0.1, 0.15) is 22.5 Å². The first kappa shape index (κ1) is 30.4. The van der Waals surface area contributed by atoms with Crippen molar-refractivity contribution in [3.05, 3.63) is 64.4 Å². The summed E-state index contributed by atoms with van der Waals surface area (Å²) in [5.74, 6) is -1.48. The van der Waals surface area contributed by atoms with E-state index in [4.69, 9.17) is 0 Å². The van der Waals surface area contributed by atoms with Crippen LogP contribution in [0.4, 0.5) is 29.7 Å². The zero-order valence-electron chi connectivity index (χ0n) is 25.2. The number of halogens is 3. The molecule has 7 rings (SSSR count). The maximum atomic E-state index is 16.6. The van der Waals surface area contributed by atoms with Crippen molar-refractivity contribution in [2.75, 3.05) is 69.3 Å². The number of benzene rings is 2. The van der Waals surface area contributed by atoms with Crippen molar-refractivity contribution in [1.29, 1.82) is 5.26 Å². The molecule has 46 heavy (non-hydrogen) atoms. The van der Waals surface area contributed by atoms with Gasteiger partial charge in [-0.1, -0.05) is 11.3 Å². The fraction of sp³-hybridized carbons (Fsp3) is 0.394. The Morgan fingerprint density at radius 2 is 1.76 bits per heavy atom. The Morgan fingerprint density at radius 3 is 2.41 bits per heavy atom. The SMILES string of the molecule is CN(c1nc(-c2ccc(F)cc2)c(C#N)s1)c1c(F)c(C2CC2)nc2ccc(N3CCN(CC(=O)N4CC(CO)C4)CC3)c(F)c12. The van der Waals surface area contributed by atoms with Crippen LogP contribution in [0.1, 0.15) is 29.3 Å². The third-order valence-electron chi connectivity index (χ3n) is 9.07. The molecule has 2 aliphatic heterocycles. The Labute approximate surface area is 268 Å². The molecule has 0 unspecified atom stereocenters. The van der Waals surface area contributed by atoms with E-state index < -0.39 is 17.5 Å². The monoisotopic (exact) mass is 647 g/mol. The lowest BCUT2D eigenvalue weighted by Gasteiger charge is -2.41. The van der Waals surface area contributed by atoms with E-state index in [1.165, 1.54) is 29.2 Å². The summed E-state index contributed by atoms with van der Waals surface area (Å²) in [7, 11) is 1.60. The van der Waals surface area contributed by atoms with Crippen LogP contribution in [0, 0.1) is 34.7 Å². The lowest BCUT2D eigenvalue weighted by Crippen LogP contribution is -2.56. The van der Waals surface area contributed by atoms with Gasteiger partial charge in [-0.2, -0.15) is 5.26 Å². The van der Waals surface area contributed by atoms with Crippen molar-refractivity contribution in [1.82, 2.24) is 19.8 Å². The van der Waals surface area contributed by atoms with Gasteiger partial charge in [0, 0.05) is 70.3 Å². The zero-order valence-corrected chi connectivity index (χ0v) is 26.0. The maximum Gasteiger partial charge on any atom is 0.236 e. The number of piperazine rings is 1. The highest BCUT2D eigenvalue weighted by Crippen LogP contribution is 2.47. The van der Waals surface area contributed by atoms with Crippen molar-refractivity contribution in [2.24, 2.45) is 5.92 Å². The number of amides is 1. The van der Waals surface area contributed by atoms with Crippen LogP contribution in [0.25, 0.3) is 22.2 Å². The van der Waals surface area contributed by atoms with Gasteiger partial charge in [0.15, 0.2) is 16.8 Å². The Morgan fingerprint density at radius 1 is 1.04 bits per heavy atom. The van der Waals surface area contributed by atoms with Gasteiger partial charge in [-0.15, -0.1) is 0 Å². The molecule has 1 amide bonds. The summed E-state index contributed by atoms with van der Waals surface area (Å²) in [5.41, 5.74) is 1.85. The average Bonchev–Trinajstić information content (AvgIpc) is 3.79. The molecule has 3 fully saturated rings. The molecule has 9 nitrogen and oxygen atoms in total. The molecule has 0 atom stereocenters. The highest BCUT2D eigenvalue weighted by molar-refractivity contribution is 7.16. The normalized spacial score (nSPS) is 17.3. The standard InChI is InChI=1S/C33H32F3N7O2S/c1-40(33-39-30(25(14-37)46-33)20-4-6-22(34)7-5-20)32-27-23(38-31(29(32)36)21-2-3-21)8-9-24(28(27)35)42-12-10-41(11-13-42)17-26(45)43-15-19(16-43)18-44/h4-9,19,21,44H,2-3,10-13,15-18H2,1H3. The molecule has 0 spiro atoms. The fourth-order valence-corrected chi connectivity index (χ4v) is 7.08.